The molecule has 138 valence electrons. The molecular formula is C20H22ClNO4. The number of amides is 1. The van der Waals surface area contributed by atoms with Gasteiger partial charge in [0.2, 0.25) is 5.91 Å². The van der Waals surface area contributed by atoms with Crippen molar-refractivity contribution in [3.8, 4) is 17.2 Å². The lowest BCUT2D eigenvalue weighted by Crippen LogP contribution is -2.43. The molecule has 5 nitrogen and oxygen atoms in total. The number of carbonyl (C=O) groups excluding carboxylic acids is 1. The van der Waals surface area contributed by atoms with E-state index in [0.29, 0.717) is 24.7 Å². The number of halogens is 1. The van der Waals surface area contributed by atoms with Gasteiger partial charge >= 0.3 is 0 Å². The average Bonchev–Trinajstić information content (AvgIpc) is 2.70. The molecule has 0 bridgehead atoms. The molecule has 3 rings (SSSR count). The fourth-order valence-corrected chi connectivity index (χ4v) is 3.43. The Bertz CT molecular complexity index is 766. The van der Waals surface area contributed by atoms with Crippen LogP contribution in [0.1, 0.15) is 17.2 Å². The molecule has 0 spiro atoms. The van der Waals surface area contributed by atoms with Crippen LogP contribution in [-0.2, 0) is 11.2 Å². The molecule has 26 heavy (non-hydrogen) atoms. The van der Waals surface area contributed by atoms with E-state index in [1.54, 1.807) is 19.1 Å². The van der Waals surface area contributed by atoms with Gasteiger partial charge in [-0.25, -0.2) is 0 Å². The number of para-hydroxylation sites is 1. The Morgan fingerprint density at radius 2 is 1.85 bits per heavy atom. The molecule has 6 heteroatoms. The summed E-state index contributed by atoms with van der Waals surface area (Å²) in [6.45, 7) is 0.936. The van der Waals surface area contributed by atoms with Crippen LogP contribution in [0.3, 0.4) is 0 Å². The van der Waals surface area contributed by atoms with Gasteiger partial charge < -0.3 is 19.1 Å². The van der Waals surface area contributed by atoms with E-state index in [2.05, 4.69) is 0 Å². The number of methoxy groups -OCH3 is 2. The lowest BCUT2D eigenvalue weighted by atomic mass is 9.92. The van der Waals surface area contributed by atoms with Crippen LogP contribution < -0.4 is 14.2 Å². The Morgan fingerprint density at radius 3 is 2.50 bits per heavy atom. The molecule has 0 unspecified atom stereocenters. The fourth-order valence-electron chi connectivity index (χ4n) is 3.28. The molecule has 1 heterocycles. The first kappa shape index (κ1) is 18.4. The number of hydrogen-bond acceptors (Lipinski definition) is 4. The zero-order valence-electron chi connectivity index (χ0n) is 14.9. The normalized spacial score (nSPS) is 16.0. The summed E-state index contributed by atoms with van der Waals surface area (Å²) in [7, 11) is 3.22. The molecule has 0 aliphatic carbocycles. The van der Waals surface area contributed by atoms with E-state index in [1.807, 2.05) is 42.5 Å². The third-order valence-electron chi connectivity index (χ3n) is 4.59. The molecule has 1 atom stereocenters. The van der Waals surface area contributed by atoms with E-state index in [0.717, 1.165) is 23.3 Å². The van der Waals surface area contributed by atoms with E-state index >= 15 is 0 Å². The van der Waals surface area contributed by atoms with Gasteiger partial charge in [0.1, 0.15) is 18.2 Å². The van der Waals surface area contributed by atoms with Gasteiger partial charge in [0.05, 0.1) is 20.3 Å². The van der Waals surface area contributed by atoms with Crippen LogP contribution in [0.15, 0.2) is 42.5 Å². The van der Waals surface area contributed by atoms with Gasteiger partial charge in [0.15, 0.2) is 11.5 Å². The molecule has 2 aromatic carbocycles. The number of nitrogens with zero attached hydrogens (tertiary/aromatic N) is 1. The number of carbonyl (C=O) groups is 1. The largest absolute Gasteiger partial charge is 0.493 e. The van der Waals surface area contributed by atoms with E-state index in [4.69, 9.17) is 25.8 Å². The highest BCUT2D eigenvalue weighted by Crippen LogP contribution is 2.38. The van der Waals surface area contributed by atoms with Crippen LogP contribution in [0.4, 0.5) is 0 Å². The maximum Gasteiger partial charge on any atom is 0.238 e. The highest BCUT2D eigenvalue weighted by Gasteiger charge is 2.32. The first-order chi connectivity index (χ1) is 12.7. The third-order valence-corrected chi connectivity index (χ3v) is 4.82. The van der Waals surface area contributed by atoms with E-state index in [9.17, 15) is 4.79 Å². The van der Waals surface area contributed by atoms with Gasteiger partial charge in [0, 0.05) is 6.54 Å². The van der Waals surface area contributed by atoms with Crippen molar-refractivity contribution in [1.82, 2.24) is 4.90 Å². The Hall–Kier alpha value is -2.40. The summed E-state index contributed by atoms with van der Waals surface area (Å²) < 4.78 is 16.8. The second-order valence-corrected chi connectivity index (χ2v) is 6.28. The number of rotatable bonds is 6. The number of benzene rings is 2. The minimum Gasteiger partial charge on any atom is -0.493 e. The average molecular weight is 376 g/mol. The van der Waals surface area contributed by atoms with Gasteiger partial charge in [-0.1, -0.05) is 18.2 Å². The Labute approximate surface area is 158 Å². The quantitative estimate of drug-likeness (QED) is 0.725. The zero-order chi connectivity index (χ0) is 18.5. The first-order valence-electron chi connectivity index (χ1n) is 8.46. The van der Waals surface area contributed by atoms with Crippen molar-refractivity contribution in [2.75, 3.05) is 33.3 Å². The number of fused-ring (bicyclic) bond motifs is 1. The lowest BCUT2D eigenvalue weighted by molar-refractivity contribution is -0.132. The van der Waals surface area contributed by atoms with Crippen molar-refractivity contribution in [2.24, 2.45) is 0 Å². The van der Waals surface area contributed by atoms with Crippen molar-refractivity contribution in [3.05, 3.63) is 53.6 Å². The van der Waals surface area contributed by atoms with Crippen molar-refractivity contribution in [3.63, 3.8) is 0 Å². The highest BCUT2D eigenvalue weighted by molar-refractivity contribution is 6.27. The third kappa shape index (κ3) is 3.73. The summed E-state index contributed by atoms with van der Waals surface area (Å²) in [5.41, 5.74) is 2.13. The Balaban J connectivity index is 1.94. The van der Waals surface area contributed by atoms with Crippen LogP contribution in [0.25, 0.3) is 0 Å². The number of hydrogen-bond donors (Lipinski definition) is 0. The Morgan fingerprint density at radius 1 is 1.15 bits per heavy atom. The molecule has 0 radical (unpaired) electrons. The smallest absolute Gasteiger partial charge is 0.238 e. The maximum atomic E-state index is 12.4. The molecule has 1 amide bonds. The minimum absolute atomic E-state index is 0.0511. The zero-order valence-corrected chi connectivity index (χ0v) is 15.7. The van der Waals surface area contributed by atoms with E-state index in [1.165, 1.54) is 0 Å². The Kier molecular flexibility index (Phi) is 5.89. The second-order valence-electron chi connectivity index (χ2n) is 6.02. The van der Waals surface area contributed by atoms with Crippen molar-refractivity contribution in [2.45, 2.75) is 12.5 Å². The summed E-state index contributed by atoms with van der Waals surface area (Å²) in [4.78, 5) is 14.1. The van der Waals surface area contributed by atoms with Gasteiger partial charge in [-0.05, 0) is 41.8 Å². The highest BCUT2D eigenvalue weighted by atomic mass is 35.5. The monoisotopic (exact) mass is 375 g/mol. The predicted molar refractivity (Wildman–Crippen MR) is 100 cm³/mol. The first-order valence-corrected chi connectivity index (χ1v) is 8.99. The van der Waals surface area contributed by atoms with Gasteiger partial charge in [0.25, 0.3) is 0 Å². The summed E-state index contributed by atoms with van der Waals surface area (Å²) in [6.07, 6.45) is 0.736. The van der Waals surface area contributed by atoms with Crippen LogP contribution in [0.5, 0.6) is 17.2 Å². The molecule has 1 aliphatic heterocycles. The van der Waals surface area contributed by atoms with Crippen LogP contribution in [0, 0.1) is 0 Å². The lowest BCUT2D eigenvalue weighted by Gasteiger charge is -2.37. The van der Waals surface area contributed by atoms with E-state index in [-0.39, 0.29) is 17.8 Å². The van der Waals surface area contributed by atoms with Crippen LogP contribution in [-0.4, -0.2) is 44.1 Å². The van der Waals surface area contributed by atoms with Gasteiger partial charge in [-0.2, -0.15) is 0 Å². The minimum atomic E-state index is -0.231. The summed E-state index contributed by atoms with van der Waals surface area (Å²) in [5, 5.41) is 0. The van der Waals surface area contributed by atoms with Gasteiger partial charge in [-0.15, -0.1) is 11.6 Å². The molecule has 2 aromatic rings. The molecule has 1 aliphatic rings. The van der Waals surface area contributed by atoms with Crippen molar-refractivity contribution < 1.29 is 19.0 Å². The summed E-state index contributed by atoms with van der Waals surface area (Å²) >= 11 is 5.82. The van der Waals surface area contributed by atoms with Crippen LogP contribution in [0.2, 0.25) is 0 Å². The van der Waals surface area contributed by atoms with Crippen LogP contribution >= 0.6 is 11.6 Å². The molecule has 0 N–H and O–H groups in total. The topological polar surface area (TPSA) is 48.0 Å². The summed E-state index contributed by atoms with van der Waals surface area (Å²) in [6, 6.07) is 13.2. The standard InChI is InChI=1S/C20H22ClNO4/c1-24-18-10-14-8-9-22(20(23)12-21)17(16(14)11-19(18)25-2)13-26-15-6-4-3-5-7-15/h3-7,10-11,17H,8-9,12-13H2,1-2H3/t17-/m1/s1. The fraction of sp³-hybridized carbons (Fsp3) is 0.350. The molecule has 0 saturated carbocycles. The van der Waals surface area contributed by atoms with Crippen molar-refractivity contribution >= 4 is 17.5 Å². The van der Waals surface area contributed by atoms with E-state index < -0.39 is 0 Å². The van der Waals surface area contributed by atoms with Crippen molar-refractivity contribution in [1.29, 1.82) is 0 Å². The second kappa shape index (κ2) is 8.32. The molecule has 0 fully saturated rings. The predicted octanol–water partition coefficient (Wildman–Crippen LogP) is 3.45. The molecule has 0 saturated heterocycles. The summed E-state index contributed by atoms with van der Waals surface area (Å²) in [5.74, 6) is 1.93. The number of ether oxygens (including phenoxy) is 3. The maximum absolute atomic E-state index is 12.4. The molecular weight excluding hydrogens is 354 g/mol. The SMILES string of the molecule is COc1cc2c(cc1OC)[C@@H](COc1ccccc1)N(C(=O)CCl)CC2. The van der Waals surface area contributed by atoms with Gasteiger partial charge in [-0.3, -0.25) is 4.79 Å². The molecule has 0 aromatic heterocycles. The number of alkyl halides is 1.